The summed E-state index contributed by atoms with van der Waals surface area (Å²) in [7, 11) is -3.24. The summed E-state index contributed by atoms with van der Waals surface area (Å²) < 4.78 is 28.5. The molecule has 8 heteroatoms. The van der Waals surface area contributed by atoms with Crippen LogP contribution in [-0.2, 0) is 16.6 Å². The van der Waals surface area contributed by atoms with Crippen molar-refractivity contribution in [2.45, 2.75) is 19.5 Å². The maximum atomic E-state index is 12.0. The molecule has 2 heterocycles. The number of aromatic nitrogens is 2. The van der Waals surface area contributed by atoms with Gasteiger partial charge in [0.2, 0.25) is 10.0 Å². The zero-order valence-electron chi connectivity index (χ0n) is 11.8. The summed E-state index contributed by atoms with van der Waals surface area (Å²) in [6.07, 6.45) is 3.51. The molecule has 0 aromatic carbocycles. The van der Waals surface area contributed by atoms with Crippen molar-refractivity contribution in [1.82, 2.24) is 24.7 Å². The molecule has 0 radical (unpaired) electrons. The highest BCUT2D eigenvalue weighted by Crippen LogP contribution is 1.97. The summed E-state index contributed by atoms with van der Waals surface area (Å²) in [5.41, 5.74) is 0. The maximum Gasteiger partial charge on any atom is 0.213 e. The molecule has 2 rings (SSSR count). The van der Waals surface area contributed by atoms with Crippen LogP contribution in [0.5, 0.6) is 0 Å². The molecule has 0 aliphatic carbocycles. The van der Waals surface area contributed by atoms with Crippen LogP contribution in [0.3, 0.4) is 0 Å². The van der Waals surface area contributed by atoms with E-state index in [-0.39, 0.29) is 11.8 Å². The molecule has 1 fully saturated rings. The second-order valence-electron chi connectivity index (χ2n) is 5.16. The highest BCUT2D eigenvalue weighted by Gasteiger charge is 2.17. The van der Waals surface area contributed by atoms with E-state index < -0.39 is 10.0 Å². The van der Waals surface area contributed by atoms with E-state index >= 15 is 0 Å². The first kappa shape index (κ1) is 15.4. The van der Waals surface area contributed by atoms with E-state index in [1.807, 2.05) is 19.2 Å². The zero-order chi connectivity index (χ0) is 14.4. The molecule has 20 heavy (non-hydrogen) atoms. The largest absolute Gasteiger partial charge is 0.314 e. The van der Waals surface area contributed by atoms with Crippen LogP contribution in [-0.4, -0.2) is 67.6 Å². The molecule has 1 saturated heterocycles. The van der Waals surface area contributed by atoms with Gasteiger partial charge in [-0.1, -0.05) is 0 Å². The number of rotatable bonds is 7. The van der Waals surface area contributed by atoms with Crippen LogP contribution in [0.2, 0.25) is 0 Å². The van der Waals surface area contributed by atoms with Gasteiger partial charge in [-0.25, -0.2) is 13.1 Å². The van der Waals surface area contributed by atoms with E-state index in [9.17, 15) is 8.42 Å². The number of piperazine rings is 1. The quantitative estimate of drug-likeness (QED) is 0.682. The SMILES string of the molecule is CC(Cn1cccn1)NS(=O)(=O)CCN1CCNCC1. The smallest absolute Gasteiger partial charge is 0.213 e. The summed E-state index contributed by atoms with van der Waals surface area (Å²) in [5.74, 6) is 0.149. The average Bonchev–Trinajstić information content (AvgIpc) is 2.90. The molecule has 1 aromatic rings. The Labute approximate surface area is 120 Å². The molecule has 0 spiro atoms. The highest BCUT2D eigenvalue weighted by molar-refractivity contribution is 7.89. The molecule has 1 atom stereocenters. The van der Waals surface area contributed by atoms with Gasteiger partial charge in [0.15, 0.2) is 0 Å². The second kappa shape index (κ2) is 7.16. The third kappa shape index (κ3) is 5.20. The minimum absolute atomic E-state index is 0.149. The maximum absolute atomic E-state index is 12.0. The van der Waals surface area contributed by atoms with Crippen LogP contribution in [0.25, 0.3) is 0 Å². The lowest BCUT2D eigenvalue weighted by Crippen LogP contribution is -2.46. The number of sulfonamides is 1. The summed E-state index contributed by atoms with van der Waals surface area (Å²) in [4.78, 5) is 2.17. The monoisotopic (exact) mass is 301 g/mol. The van der Waals surface area contributed by atoms with E-state index in [0.717, 1.165) is 26.2 Å². The van der Waals surface area contributed by atoms with Gasteiger partial charge in [-0.15, -0.1) is 0 Å². The summed E-state index contributed by atoms with van der Waals surface area (Å²) in [5, 5.41) is 7.32. The fourth-order valence-corrected chi connectivity index (χ4v) is 3.58. The van der Waals surface area contributed by atoms with E-state index in [4.69, 9.17) is 0 Å². The number of hydrogen-bond donors (Lipinski definition) is 2. The fraction of sp³-hybridized carbons (Fsp3) is 0.750. The van der Waals surface area contributed by atoms with Crippen molar-refractivity contribution in [1.29, 1.82) is 0 Å². The Bertz CT molecular complexity index is 482. The van der Waals surface area contributed by atoms with Crippen molar-refractivity contribution in [2.24, 2.45) is 0 Å². The first-order valence-electron chi connectivity index (χ1n) is 6.96. The van der Waals surface area contributed by atoms with Crippen LogP contribution >= 0.6 is 0 Å². The fourth-order valence-electron chi connectivity index (χ4n) is 2.28. The van der Waals surface area contributed by atoms with Crippen molar-refractivity contribution >= 4 is 10.0 Å². The molecule has 1 aliphatic rings. The Balaban J connectivity index is 1.74. The topological polar surface area (TPSA) is 79.3 Å². The second-order valence-corrected chi connectivity index (χ2v) is 7.03. The molecule has 0 saturated carbocycles. The standard InChI is InChI=1S/C12H23N5O2S/c1-12(11-17-6-2-3-14-17)15-20(18,19)10-9-16-7-4-13-5-8-16/h2-3,6,12-13,15H,4-5,7-11H2,1H3. The van der Waals surface area contributed by atoms with Crippen molar-refractivity contribution in [3.63, 3.8) is 0 Å². The van der Waals surface area contributed by atoms with Gasteiger partial charge < -0.3 is 5.32 Å². The molecule has 1 aromatic heterocycles. The molecular weight excluding hydrogens is 278 g/mol. The van der Waals surface area contributed by atoms with E-state index in [0.29, 0.717) is 13.1 Å². The Morgan fingerprint density at radius 2 is 2.15 bits per heavy atom. The molecule has 7 nitrogen and oxygen atoms in total. The molecular formula is C12H23N5O2S. The molecule has 114 valence electrons. The molecule has 0 bridgehead atoms. The normalized spacial score (nSPS) is 19.1. The zero-order valence-corrected chi connectivity index (χ0v) is 12.6. The first-order valence-corrected chi connectivity index (χ1v) is 8.61. The Morgan fingerprint density at radius 1 is 1.40 bits per heavy atom. The van der Waals surface area contributed by atoms with Gasteiger partial charge in [0.25, 0.3) is 0 Å². The Kier molecular flexibility index (Phi) is 5.53. The number of nitrogens with zero attached hydrogens (tertiary/aromatic N) is 3. The van der Waals surface area contributed by atoms with Gasteiger partial charge in [0, 0.05) is 51.2 Å². The van der Waals surface area contributed by atoms with Crippen LogP contribution in [0.15, 0.2) is 18.5 Å². The number of nitrogens with one attached hydrogen (secondary N) is 2. The third-order valence-corrected chi connectivity index (χ3v) is 4.77. The van der Waals surface area contributed by atoms with Gasteiger partial charge >= 0.3 is 0 Å². The van der Waals surface area contributed by atoms with E-state index in [1.165, 1.54) is 0 Å². The van der Waals surface area contributed by atoms with Gasteiger partial charge in [-0.3, -0.25) is 9.58 Å². The minimum atomic E-state index is -3.24. The van der Waals surface area contributed by atoms with Crippen LogP contribution in [0.1, 0.15) is 6.92 Å². The molecule has 2 N–H and O–H groups in total. The van der Waals surface area contributed by atoms with Gasteiger partial charge in [-0.2, -0.15) is 5.10 Å². The lowest BCUT2D eigenvalue weighted by Gasteiger charge is -2.27. The number of hydrogen-bond acceptors (Lipinski definition) is 5. The van der Waals surface area contributed by atoms with Crippen LogP contribution in [0, 0.1) is 0 Å². The van der Waals surface area contributed by atoms with Crippen molar-refractivity contribution in [3.05, 3.63) is 18.5 Å². The van der Waals surface area contributed by atoms with Gasteiger partial charge in [0.1, 0.15) is 0 Å². The van der Waals surface area contributed by atoms with Gasteiger partial charge in [0.05, 0.1) is 12.3 Å². The first-order chi connectivity index (χ1) is 9.55. The van der Waals surface area contributed by atoms with Crippen LogP contribution < -0.4 is 10.0 Å². The molecule has 0 amide bonds. The predicted molar refractivity (Wildman–Crippen MR) is 77.9 cm³/mol. The van der Waals surface area contributed by atoms with E-state index in [1.54, 1.807) is 10.9 Å². The van der Waals surface area contributed by atoms with Crippen molar-refractivity contribution < 1.29 is 8.42 Å². The van der Waals surface area contributed by atoms with E-state index in [2.05, 4.69) is 20.0 Å². The summed E-state index contributed by atoms with van der Waals surface area (Å²) in [6, 6.07) is 1.66. The highest BCUT2D eigenvalue weighted by atomic mass is 32.2. The lowest BCUT2D eigenvalue weighted by molar-refractivity contribution is 0.253. The van der Waals surface area contributed by atoms with Crippen LogP contribution in [0.4, 0.5) is 0 Å². The third-order valence-electron chi connectivity index (χ3n) is 3.29. The van der Waals surface area contributed by atoms with Crippen molar-refractivity contribution in [3.8, 4) is 0 Å². The van der Waals surface area contributed by atoms with Crippen molar-refractivity contribution in [2.75, 3.05) is 38.5 Å². The molecule has 1 unspecified atom stereocenters. The Hall–Kier alpha value is -0.960. The minimum Gasteiger partial charge on any atom is -0.314 e. The van der Waals surface area contributed by atoms with Gasteiger partial charge in [-0.05, 0) is 13.0 Å². The molecule has 1 aliphatic heterocycles. The average molecular weight is 301 g/mol. The summed E-state index contributed by atoms with van der Waals surface area (Å²) in [6.45, 7) is 6.68. The summed E-state index contributed by atoms with van der Waals surface area (Å²) >= 11 is 0. The Morgan fingerprint density at radius 3 is 2.80 bits per heavy atom. The predicted octanol–water partition coefficient (Wildman–Crippen LogP) is -0.904. The lowest BCUT2D eigenvalue weighted by atomic mass is 10.4.